The molecule has 0 spiro atoms. The standard InChI is InChI=1S/C18H21NOS/c1-13-7-8-17(15(9-13)11-19-2)20-12-16-10-14-5-3-4-6-18(14)21-16/h3-9,16,19H,10-12H2,1-2H3. The maximum atomic E-state index is 6.10. The molecule has 3 rings (SSSR count). The lowest BCUT2D eigenvalue weighted by atomic mass is 10.1. The van der Waals surface area contributed by atoms with Gasteiger partial charge in [0.15, 0.2) is 0 Å². The van der Waals surface area contributed by atoms with Gasteiger partial charge in [0, 0.05) is 22.3 Å². The summed E-state index contributed by atoms with van der Waals surface area (Å²) in [6.45, 7) is 3.72. The zero-order valence-electron chi connectivity index (χ0n) is 12.6. The van der Waals surface area contributed by atoms with Crippen molar-refractivity contribution in [1.82, 2.24) is 5.32 Å². The Morgan fingerprint density at radius 3 is 2.90 bits per heavy atom. The fourth-order valence-corrected chi connectivity index (χ4v) is 3.93. The highest BCUT2D eigenvalue weighted by Crippen LogP contribution is 2.37. The van der Waals surface area contributed by atoms with Crippen LogP contribution in [0.15, 0.2) is 47.4 Å². The summed E-state index contributed by atoms with van der Waals surface area (Å²) in [6.07, 6.45) is 1.11. The Balaban J connectivity index is 1.64. The van der Waals surface area contributed by atoms with Crippen LogP contribution in [-0.2, 0) is 13.0 Å². The second-order valence-corrected chi connectivity index (χ2v) is 6.85. The minimum atomic E-state index is 0.520. The molecule has 1 atom stereocenters. The first-order valence-corrected chi connectivity index (χ1v) is 8.25. The highest BCUT2D eigenvalue weighted by molar-refractivity contribution is 8.00. The molecule has 3 heteroatoms. The number of hydrogen-bond acceptors (Lipinski definition) is 3. The van der Waals surface area contributed by atoms with Gasteiger partial charge in [0.1, 0.15) is 12.4 Å². The van der Waals surface area contributed by atoms with Crippen LogP contribution in [0.25, 0.3) is 0 Å². The monoisotopic (exact) mass is 299 g/mol. The maximum Gasteiger partial charge on any atom is 0.123 e. The van der Waals surface area contributed by atoms with Crippen molar-refractivity contribution in [1.29, 1.82) is 0 Å². The number of thioether (sulfide) groups is 1. The van der Waals surface area contributed by atoms with E-state index < -0.39 is 0 Å². The maximum absolute atomic E-state index is 6.10. The SMILES string of the molecule is CNCc1cc(C)ccc1OCC1Cc2ccccc2S1. The molecule has 0 saturated heterocycles. The minimum Gasteiger partial charge on any atom is -0.492 e. The Labute approximate surface area is 130 Å². The molecule has 2 nitrogen and oxygen atoms in total. The molecule has 0 amide bonds. The highest BCUT2D eigenvalue weighted by atomic mass is 32.2. The van der Waals surface area contributed by atoms with Crippen molar-refractivity contribution in [2.24, 2.45) is 0 Å². The Hall–Kier alpha value is -1.45. The van der Waals surface area contributed by atoms with Crippen LogP contribution in [0.2, 0.25) is 0 Å². The number of rotatable bonds is 5. The Bertz CT molecular complexity index is 601. The van der Waals surface area contributed by atoms with E-state index in [0.717, 1.165) is 25.3 Å². The largest absolute Gasteiger partial charge is 0.492 e. The van der Waals surface area contributed by atoms with E-state index in [1.807, 2.05) is 18.8 Å². The van der Waals surface area contributed by atoms with Crippen LogP contribution in [-0.4, -0.2) is 18.9 Å². The zero-order valence-corrected chi connectivity index (χ0v) is 13.4. The van der Waals surface area contributed by atoms with Crippen LogP contribution in [0.3, 0.4) is 0 Å². The summed E-state index contributed by atoms with van der Waals surface area (Å²) >= 11 is 1.94. The van der Waals surface area contributed by atoms with Gasteiger partial charge in [-0.3, -0.25) is 0 Å². The molecule has 1 unspecified atom stereocenters. The van der Waals surface area contributed by atoms with Crippen molar-refractivity contribution in [2.45, 2.75) is 30.0 Å². The molecule has 0 aromatic heterocycles. The molecular weight excluding hydrogens is 278 g/mol. The number of benzene rings is 2. The first-order chi connectivity index (χ1) is 10.3. The van der Waals surface area contributed by atoms with Crippen LogP contribution in [0.4, 0.5) is 0 Å². The first-order valence-electron chi connectivity index (χ1n) is 7.38. The Morgan fingerprint density at radius 2 is 2.10 bits per heavy atom. The number of nitrogens with one attached hydrogen (secondary N) is 1. The molecule has 2 aromatic rings. The fourth-order valence-electron chi connectivity index (χ4n) is 2.71. The van der Waals surface area contributed by atoms with Crippen LogP contribution in [0, 0.1) is 6.92 Å². The van der Waals surface area contributed by atoms with E-state index in [9.17, 15) is 0 Å². The van der Waals surface area contributed by atoms with E-state index >= 15 is 0 Å². The van der Waals surface area contributed by atoms with Gasteiger partial charge in [0.25, 0.3) is 0 Å². The number of hydrogen-bond donors (Lipinski definition) is 1. The van der Waals surface area contributed by atoms with Gasteiger partial charge >= 0.3 is 0 Å². The van der Waals surface area contributed by atoms with E-state index in [1.165, 1.54) is 21.6 Å². The van der Waals surface area contributed by atoms with Gasteiger partial charge in [-0.05, 0) is 38.1 Å². The molecule has 21 heavy (non-hydrogen) atoms. The topological polar surface area (TPSA) is 21.3 Å². The summed E-state index contributed by atoms with van der Waals surface area (Å²) in [5.74, 6) is 1.01. The summed E-state index contributed by atoms with van der Waals surface area (Å²) in [5.41, 5.74) is 3.96. The van der Waals surface area contributed by atoms with Gasteiger partial charge in [-0.1, -0.05) is 35.9 Å². The van der Waals surface area contributed by atoms with Gasteiger partial charge in [-0.25, -0.2) is 0 Å². The van der Waals surface area contributed by atoms with Crippen molar-refractivity contribution >= 4 is 11.8 Å². The molecule has 0 fully saturated rings. The van der Waals surface area contributed by atoms with Crippen molar-refractivity contribution < 1.29 is 4.74 Å². The number of ether oxygens (including phenoxy) is 1. The molecule has 0 bridgehead atoms. The molecular formula is C18H21NOS. The quantitative estimate of drug-likeness (QED) is 0.907. The number of aryl methyl sites for hydroxylation is 1. The second kappa shape index (κ2) is 6.54. The lowest BCUT2D eigenvalue weighted by molar-refractivity contribution is 0.313. The van der Waals surface area contributed by atoms with Crippen molar-refractivity contribution in [3.8, 4) is 5.75 Å². The summed E-state index contributed by atoms with van der Waals surface area (Å²) in [4.78, 5) is 1.41. The summed E-state index contributed by atoms with van der Waals surface area (Å²) < 4.78 is 6.10. The lowest BCUT2D eigenvalue weighted by Gasteiger charge is -2.15. The summed E-state index contributed by atoms with van der Waals surface area (Å²) in [5, 5.41) is 3.73. The first kappa shape index (κ1) is 14.5. The molecule has 1 aliphatic heterocycles. The molecule has 1 aliphatic rings. The molecule has 2 aromatic carbocycles. The third-order valence-electron chi connectivity index (χ3n) is 3.72. The van der Waals surface area contributed by atoms with Crippen molar-refractivity contribution in [3.63, 3.8) is 0 Å². The third-order valence-corrected chi connectivity index (χ3v) is 5.01. The normalized spacial score (nSPS) is 16.8. The molecule has 1 N–H and O–H groups in total. The van der Waals surface area contributed by atoms with E-state index in [1.54, 1.807) is 0 Å². The molecule has 0 saturated carbocycles. The predicted octanol–water partition coefficient (Wildman–Crippen LogP) is 3.81. The average Bonchev–Trinajstić information content (AvgIpc) is 2.89. The fraction of sp³-hybridized carbons (Fsp3) is 0.333. The highest BCUT2D eigenvalue weighted by Gasteiger charge is 2.22. The van der Waals surface area contributed by atoms with Crippen LogP contribution in [0.5, 0.6) is 5.75 Å². The van der Waals surface area contributed by atoms with E-state index in [2.05, 4.69) is 54.7 Å². The van der Waals surface area contributed by atoms with E-state index in [-0.39, 0.29) is 0 Å². The van der Waals surface area contributed by atoms with Gasteiger partial charge < -0.3 is 10.1 Å². The lowest BCUT2D eigenvalue weighted by Crippen LogP contribution is -2.15. The summed E-state index contributed by atoms with van der Waals surface area (Å²) in [7, 11) is 1.97. The Morgan fingerprint density at radius 1 is 1.24 bits per heavy atom. The van der Waals surface area contributed by atoms with Crippen LogP contribution >= 0.6 is 11.8 Å². The van der Waals surface area contributed by atoms with Crippen LogP contribution in [0.1, 0.15) is 16.7 Å². The molecule has 0 aliphatic carbocycles. The van der Waals surface area contributed by atoms with E-state index in [4.69, 9.17) is 4.74 Å². The molecule has 0 radical (unpaired) electrons. The minimum absolute atomic E-state index is 0.520. The smallest absolute Gasteiger partial charge is 0.123 e. The van der Waals surface area contributed by atoms with Gasteiger partial charge in [0.2, 0.25) is 0 Å². The van der Waals surface area contributed by atoms with Gasteiger partial charge in [-0.2, -0.15) is 0 Å². The molecule has 1 heterocycles. The third kappa shape index (κ3) is 3.42. The van der Waals surface area contributed by atoms with Crippen LogP contribution < -0.4 is 10.1 Å². The zero-order chi connectivity index (χ0) is 14.7. The molecule has 110 valence electrons. The van der Waals surface area contributed by atoms with Crippen molar-refractivity contribution in [2.75, 3.05) is 13.7 Å². The second-order valence-electron chi connectivity index (χ2n) is 5.50. The van der Waals surface area contributed by atoms with Crippen molar-refractivity contribution in [3.05, 3.63) is 59.2 Å². The Kier molecular flexibility index (Phi) is 4.51. The summed E-state index contributed by atoms with van der Waals surface area (Å²) in [6, 6.07) is 15.1. The van der Waals surface area contributed by atoms with E-state index in [0.29, 0.717) is 5.25 Å². The number of fused-ring (bicyclic) bond motifs is 1. The predicted molar refractivity (Wildman–Crippen MR) is 89.2 cm³/mol. The van der Waals surface area contributed by atoms with Gasteiger partial charge in [0.05, 0.1) is 0 Å². The van der Waals surface area contributed by atoms with Gasteiger partial charge in [-0.15, -0.1) is 11.8 Å². The average molecular weight is 299 g/mol.